The summed E-state index contributed by atoms with van der Waals surface area (Å²) in [6, 6.07) is 21.3. The highest BCUT2D eigenvalue weighted by Gasteiger charge is 2.52. The zero-order valence-corrected chi connectivity index (χ0v) is 18.4. The molecule has 2 aromatic carbocycles. The van der Waals surface area contributed by atoms with Crippen molar-refractivity contribution in [1.82, 2.24) is 9.80 Å². The second-order valence-corrected chi connectivity index (χ2v) is 7.91. The highest BCUT2D eigenvalue weighted by molar-refractivity contribution is 5.97. The number of hydrogen-bond donors (Lipinski definition) is 0. The van der Waals surface area contributed by atoms with Crippen molar-refractivity contribution < 1.29 is 4.48 Å². The first-order chi connectivity index (χ1) is 14.6. The molecule has 2 heterocycles. The molecule has 4 nitrogen and oxygen atoms in total. The maximum absolute atomic E-state index is 5.23. The zero-order valence-electron chi connectivity index (χ0n) is 18.4. The lowest BCUT2D eigenvalue weighted by Gasteiger charge is -2.43. The van der Waals surface area contributed by atoms with Gasteiger partial charge in [0.05, 0.1) is 0 Å². The van der Waals surface area contributed by atoms with Crippen LogP contribution in [0.1, 0.15) is 25.0 Å². The van der Waals surface area contributed by atoms with Crippen LogP contribution in [-0.4, -0.2) is 47.3 Å². The predicted molar refractivity (Wildman–Crippen MR) is 125 cm³/mol. The van der Waals surface area contributed by atoms with E-state index in [4.69, 9.17) is 4.99 Å². The molecule has 2 aliphatic heterocycles. The third kappa shape index (κ3) is 3.27. The average Bonchev–Trinajstić information content (AvgIpc) is 3.11. The monoisotopic (exact) mass is 399 g/mol. The molecule has 30 heavy (non-hydrogen) atoms. The summed E-state index contributed by atoms with van der Waals surface area (Å²) in [6.07, 6.45) is 6.59. The first-order valence-corrected chi connectivity index (χ1v) is 10.7. The molecule has 0 amide bonds. The van der Waals surface area contributed by atoms with E-state index in [0.29, 0.717) is 4.48 Å². The Morgan fingerprint density at radius 2 is 1.50 bits per heavy atom. The number of benzene rings is 2. The fourth-order valence-corrected chi connectivity index (χ4v) is 4.61. The van der Waals surface area contributed by atoms with E-state index < -0.39 is 0 Å². The molecule has 2 aliphatic rings. The van der Waals surface area contributed by atoms with Crippen LogP contribution in [0.25, 0.3) is 5.70 Å². The van der Waals surface area contributed by atoms with Gasteiger partial charge in [-0.25, -0.2) is 0 Å². The highest BCUT2D eigenvalue weighted by atomic mass is 15.6. The van der Waals surface area contributed by atoms with Gasteiger partial charge in [-0.2, -0.15) is 9.48 Å². The first-order valence-electron chi connectivity index (χ1n) is 10.7. The molecule has 0 saturated carbocycles. The number of aliphatic imine (C=N–C) groups is 1. The van der Waals surface area contributed by atoms with Crippen LogP contribution in [0.5, 0.6) is 0 Å². The van der Waals surface area contributed by atoms with Gasteiger partial charge < -0.3 is 9.80 Å². The normalized spacial score (nSPS) is 20.0. The summed E-state index contributed by atoms with van der Waals surface area (Å²) >= 11 is 0. The molecule has 0 spiro atoms. The number of hydrogen-bond acceptors (Lipinski definition) is 3. The summed E-state index contributed by atoms with van der Waals surface area (Å²) in [7, 11) is 4.28. The fourth-order valence-electron chi connectivity index (χ4n) is 4.61. The molecular weight excluding hydrogens is 368 g/mol. The van der Waals surface area contributed by atoms with Crippen LogP contribution in [-0.2, 0) is 6.54 Å². The van der Waals surface area contributed by atoms with Gasteiger partial charge in [0.25, 0.3) is 0 Å². The van der Waals surface area contributed by atoms with Crippen LogP contribution in [0, 0.1) is 0 Å². The molecule has 0 radical (unpaired) electrons. The zero-order chi connectivity index (χ0) is 21.1. The summed E-state index contributed by atoms with van der Waals surface area (Å²) in [4.78, 5) is 9.93. The molecule has 0 bridgehead atoms. The van der Waals surface area contributed by atoms with Gasteiger partial charge in [-0.1, -0.05) is 60.7 Å². The van der Waals surface area contributed by atoms with Gasteiger partial charge in [0.2, 0.25) is 17.5 Å². The number of quaternary nitrogens is 1. The molecule has 0 saturated heterocycles. The first kappa shape index (κ1) is 20.2. The predicted octanol–water partition coefficient (Wildman–Crippen LogP) is 5.06. The number of nitrogens with zero attached hydrogens (tertiary/aromatic N) is 4. The lowest BCUT2D eigenvalue weighted by Crippen LogP contribution is -2.56. The summed E-state index contributed by atoms with van der Waals surface area (Å²) in [5.74, 6) is 3.56. The van der Waals surface area contributed by atoms with Crippen LogP contribution in [0.15, 0.2) is 95.5 Å². The van der Waals surface area contributed by atoms with E-state index in [1.54, 1.807) is 0 Å². The van der Waals surface area contributed by atoms with Crippen molar-refractivity contribution >= 4 is 11.5 Å². The quantitative estimate of drug-likeness (QED) is 0.606. The molecule has 1 unspecified atom stereocenters. The number of allylic oxidation sites excluding steroid dienone is 2. The molecule has 1 atom stereocenters. The van der Waals surface area contributed by atoms with Crippen LogP contribution < -0.4 is 0 Å². The molecule has 2 aromatic rings. The summed E-state index contributed by atoms with van der Waals surface area (Å²) in [5, 5.41) is 0. The van der Waals surface area contributed by atoms with Crippen LogP contribution >= 0.6 is 0 Å². The molecule has 0 fully saturated rings. The minimum absolute atomic E-state index is 0.611. The fraction of sp³-hybridized carbons (Fsp3) is 0.269. The van der Waals surface area contributed by atoms with Crippen molar-refractivity contribution in [3.8, 4) is 0 Å². The number of amidine groups is 1. The van der Waals surface area contributed by atoms with Crippen molar-refractivity contribution in [2.24, 2.45) is 4.99 Å². The molecule has 0 N–H and O–H groups in total. The van der Waals surface area contributed by atoms with Crippen molar-refractivity contribution in [3.63, 3.8) is 0 Å². The third-order valence-corrected chi connectivity index (χ3v) is 5.89. The van der Waals surface area contributed by atoms with Crippen LogP contribution in [0.3, 0.4) is 0 Å². The Kier molecular flexibility index (Phi) is 5.60. The van der Waals surface area contributed by atoms with E-state index in [2.05, 4.69) is 117 Å². The summed E-state index contributed by atoms with van der Waals surface area (Å²) in [6.45, 7) is 7.20. The smallest absolute Gasteiger partial charge is 0.243 e. The number of rotatable bonds is 7. The Balaban J connectivity index is 1.99. The lowest BCUT2D eigenvalue weighted by molar-refractivity contribution is -0.792. The van der Waals surface area contributed by atoms with Gasteiger partial charge in [-0.05, 0) is 19.9 Å². The Morgan fingerprint density at radius 3 is 2.10 bits per heavy atom. The molecule has 0 aliphatic carbocycles. The van der Waals surface area contributed by atoms with E-state index in [1.807, 2.05) is 0 Å². The highest BCUT2D eigenvalue weighted by Crippen LogP contribution is 2.44. The molecule has 4 heteroatoms. The second-order valence-electron chi connectivity index (χ2n) is 7.91. The van der Waals surface area contributed by atoms with E-state index in [-0.39, 0.29) is 0 Å². The summed E-state index contributed by atoms with van der Waals surface area (Å²) in [5.41, 5.74) is 3.50. The maximum Gasteiger partial charge on any atom is 0.243 e. The van der Waals surface area contributed by atoms with Gasteiger partial charge in [-0.15, -0.1) is 0 Å². The lowest BCUT2D eigenvalue weighted by atomic mass is 10.1. The van der Waals surface area contributed by atoms with Crippen molar-refractivity contribution in [1.29, 1.82) is 0 Å². The largest absolute Gasteiger partial charge is 0.331 e. The average molecular weight is 400 g/mol. The van der Waals surface area contributed by atoms with Gasteiger partial charge >= 0.3 is 0 Å². The molecule has 0 aromatic heterocycles. The van der Waals surface area contributed by atoms with E-state index in [9.17, 15) is 0 Å². The van der Waals surface area contributed by atoms with Crippen LogP contribution in [0.4, 0.5) is 0 Å². The second kappa shape index (κ2) is 8.33. The Bertz CT molecular complexity index is 1010. The van der Waals surface area contributed by atoms with Crippen molar-refractivity contribution in [2.45, 2.75) is 20.4 Å². The van der Waals surface area contributed by atoms with E-state index in [1.165, 1.54) is 17.2 Å². The van der Waals surface area contributed by atoms with Gasteiger partial charge in [0, 0.05) is 50.5 Å². The third-order valence-electron chi connectivity index (χ3n) is 5.89. The Labute approximate surface area is 180 Å². The van der Waals surface area contributed by atoms with Gasteiger partial charge in [0.15, 0.2) is 5.70 Å². The SMILES string of the molecule is CCN(CC)C1=CC=CC2=NC(c3ccccc3)=C(N(C)C)[N+]12Cc1ccccc1. The topological polar surface area (TPSA) is 18.8 Å². The van der Waals surface area contributed by atoms with Crippen molar-refractivity contribution in [2.75, 3.05) is 27.2 Å². The number of fused-ring (bicyclic) bond motifs is 1. The minimum Gasteiger partial charge on any atom is -0.331 e. The van der Waals surface area contributed by atoms with E-state index >= 15 is 0 Å². The summed E-state index contributed by atoms with van der Waals surface area (Å²) < 4.78 is 0.611. The Morgan fingerprint density at radius 1 is 0.867 bits per heavy atom. The maximum atomic E-state index is 5.23. The van der Waals surface area contributed by atoms with E-state index in [0.717, 1.165) is 36.7 Å². The standard InChI is InChI=1S/C26H31N4/c1-5-29(6-2)24-19-13-18-23-27-25(22-16-11-8-12-17-22)26(28(3)4)30(23,24)20-21-14-9-7-10-15-21/h7-19H,5-6,20H2,1-4H3/q+1. The van der Waals surface area contributed by atoms with Crippen molar-refractivity contribution in [3.05, 3.63) is 102 Å². The molecule has 4 rings (SSSR count). The van der Waals surface area contributed by atoms with Gasteiger partial charge in [-0.3, -0.25) is 0 Å². The molecular formula is C26H31N4+. The Hall–Kier alpha value is -3.11. The van der Waals surface area contributed by atoms with Crippen LogP contribution in [0.2, 0.25) is 0 Å². The minimum atomic E-state index is 0.611. The van der Waals surface area contributed by atoms with Gasteiger partial charge in [0.1, 0.15) is 6.54 Å². The molecule has 154 valence electrons.